The summed E-state index contributed by atoms with van der Waals surface area (Å²) in [5, 5.41) is 7.46. The average molecular weight is 517 g/mol. The maximum atomic E-state index is 12.1. The van der Waals surface area contributed by atoms with Gasteiger partial charge in [-0.1, -0.05) is 41.9 Å². The lowest BCUT2D eigenvalue weighted by Gasteiger charge is -2.14. The van der Waals surface area contributed by atoms with Gasteiger partial charge in [-0.05, 0) is 76.8 Å². The van der Waals surface area contributed by atoms with Crippen LogP contribution >= 0.6 is 27.5 Å². The first-order chi connectivity index (χ1) is 15.5. The van der Waals surface area contributed by atoms with Crippen LogP contribution in [0.25, 0.3) is 0 Å². The number of hydrogen-bond donors (Lipinski definition) is 2. The molecular weight excluding hydrogens is 494 g/mol. The lowest BCUT2D eigenvalue weighted by atomic mass is 10.2. The molecule has 0 aliphatic carbocycles. The quantitative estimate of drug-likeness (QED) is 0.264. The normalized spacial score (nSPS) is 10.8. The van der Waals surface area contributed by atoms with E-state index in [2.05, 4.69) is 31.8 Å². The molecule has 0 atom stereocenters. The molecule has 8 heteroatoms. The third-order valence-electron chi connectivity index (χ3n) is 4.40. The topological polar surface area (TPSA) is 72.0 Å². The van der Waals surface area contributed by atoms with Gasteiger partial charge in [0.2, 0.25) is 0 Å². The van der Waals surface area contributed by atoms with Crippen molar-refractivity contribution in [3.8, 4) is 11.5 Å². The van der Waals surface area contributed by atoms with Crippen LogP contribution in [0.2, 0.25) is 5.02 Å². The van der Waals surface area contributed by atoms with Crippen LogP contribution in [-0.4, -0.2) is 18.9 Å². The molecule has 3 aromatic rings. The van der Waals surface area contributed by atoms with E-state index in [0.717, 1.165) is 22.4 Å². The number of nitrogens with one attached hydrogen (secondary N) is 2. The van der Waals surface area contributed by atoms with E-state index in [1.165, 1.54) is 6.21 Å². The minimum absolute atomic E-state index is 0.365. The fourth-order valence-electron chi connectivity index (χ4n) is 2.83. The number of para-hydroxylation sites is 1. The second kappa shape index (κ2) is 11.5. The highest BCUT2D eigenvalue weighted by atomic mass is 79.9. The van der Waals surface area contributed by atoms with Crippen LogP contribution in [0.4, 0.5) is 10.5 Å². The summed E-state index contributed by atoms with van der Waals surface area (Å²) in [6.07, 6.45) is 1.54. The zero-order valence-corrected chi connectivity index (χ0v) is 20.0. The van der Waals surface area contributed by atoms with E-state index >= 15 is 0 Å². The van der Waals surface area contributed by atoms with E-state index in [4.69, 9.17) is 21.1 Å². The summed E-state index contributed by atoms with van der Waals surface area (Å²) in [5.41, 5.74) is 5.87. The third kappa shape index (κ3) is 6.73. The molecule has 0 heterocycles. The number of amides is 2. The molecule has 0 aliphatic heterocycles. The molecule has 0 aliphatic rings. The van der Waals surface area contributed by atoms with E-state index in [1.807, 2.05) is 68.4 Å². The smallest absolute Gasteiger partial charge is 0.339 e. The van der Waals surface area contributed by atoms with E-state index in [1.54, 1.807) is 6.07 Å². The Morgan fingerprint density at radius 2 is 1.88 bits per heavy atom. The number of anilines is 1. The molecule has 2 amide bonds. The second-order valence-electron chi connectivity index (χ2n) is 6.82. The number of nitrogens with zero attached hydrogens (tertiary/aromatic N) is 1. The predicted octanol–water partition coefficient (Wildman–Crippen LogP) is 6.54. The highest BCUT2D eigenvalue weighted by molar-refractivity contribution is 9.10. The average Bonchev–Trinajstić information content (AvgIpc) is 2.76. The molecule has 3 aromatic carbocycles. The van der Waals surface area contributed by atoms with Crippen molar-refractivity contribution in [1.29, 1.82) is 0 Å². The Balaban J connectivity index is 1.67. The first kappa shape index (κ1) is 23.6. The van der Waals surface area contributed by atoms with Crippen molar-refractivity contribution >= 4 is 45.5 Å². The number of urea groups is 1. The van der Waals surface area contributed by atoms with Crippen LogP contribution in [0, 0.1) is 6.92 Å². The molecule has 0 radical (unpaired) electrons. The number of hydrazone groups is 1. The van der Waals surface area contributed by atoms with Gasteiger partial charge in [0.15, 0.2) is 11.5 Å². The van der Waals surface area contributed by atoms with Gasteiger partial charge in [-0.25, -0.2) is 10.2 Å². The van der Waals surface area contributed by atoms with Crippen molar-refractivity contribution < 1.29 is 14.3 Å². The third-order valence-corrected chi connectivity index (χ3v) is 5.24. The van der Waals surface area contributed by atoms with Crippen molar-refractivity contribution in [1.82, 2.24) is 5.43 Å². The molecular formula is C24H23BrClN3O3. The molecule has 0 saturated heterocycles. The Morgan fingerprint density at radius 1 is 1.12 bits per heavy atom. The molecule has 0 bridgehead atoms. The summed E-state index contributed by atoms with van der Waals surface area (Å²) in [4.78, 5) is 12.1. The summed E-state index contributed by atoms with van der Waals surface area (Å²) < 4.78 is 12.4. The molecule has 166 valence electrons. The number of halogens is 2. The van der Waals surface area contributed by atoms with Gasteiger partial charge in [-0.3, -0.25) is 0 Å². The fourth-order valence-corrected chi connectivity index (χ4v) is 3.53. The first-order valence-corrected chi connectivity index (χ1v) is 11.1. The molecule has 32 heavy (non-hydrogen) atoms. The van der Waals surface area contributed by atoms with Crippen LogP contribution in [0.15, 0.2) is 70.2 Å². The number of aryl methyl sites for hydroxylation is 1. The number of hydrogen-bond acceptors (Lipinski definition) is 4. The van der Waals surface area contributed by atoms with E-state index in [9.17, 15) is 4.79 Å². The number of carbonyl (C=O) groups is 1. The van der Waals surface area contributed by atoms with Crippen LogP contribution in [0.5, 0.6) is 11.5 Å². The summed E-state index contributed by atoms with van der Waals surface area (Å²) in [6, 6.07) is 18.2. The number of benzene rings is 3. The van der Waals surface area contributed by atoms with Gasteiger partial charge in [-0.2, -0.15) is 5.10 Å². The van der Waals surface area contributed by atoms with Gasteiger partial charge < -0.3 is 14.8 Å². The number of ether oxygens (including phenoxy) is 2. The lowest BCUT2D eigenvalue weighted by molar-refractivity contribution is 0.252. The number of carbonyl (C=O) groups excluding carboxylic acids is 1. The predicted molar refractivity (Wildman–Crippen MR) is 132 cm³/mol. The highest BCUT2D eigenvalue weighted by Gasteiger charge is 2.12. The van der Waals surface area contributed by atoms with E-state index in [0.29, 0.717) is 34.2 Å². The monoisotopic (exact) mass is 515 g/mol. The van der Waals surface area contributed by atoms with Crippen molar-refractivity contribution in [2.24, 2.45) is 5.10 Å². The van der Waals surface area contributed by atoms with Gasteiger partial charge in [0.25, 0.3) is 0 Å². The minimum Gasteiger partial charge on any atom is -0.490 e. The maximum Gasteiger partial charge on any atom is 0.339 e. The molecule has 0 aromatic heterocycles. The Labute approximate surface area is 200 Å². The highest BCUT2D eigenvalue weighted by Crippen LogP contribution is 2.37. The van der Waals surface area contributed by atoms with Gasteiger partial charge in [0, 0.05) is 10.7 Å². The van der Waals surface area contributed by atoms with Crippen LogP contribution in [-0.2, 0) is 6.61 Å². The van der Waals surface area contributed by atoms with Crippen molar-refractivity contribution in [3.63, 3.8) is 0 Å². The summed E-state index contributed by atoms with van der Waals surface area (Å²) in [7, 11) is 0. The zero-order chi connectivity index (χ0) is 22.9. The Kier molecular flexibility index (Phi) is 8.53. The molecule has 6 nitrogen and oxygen atoms in total. The van der Waals surface area contributed by atoms with Gasteiger partial charge in [0.05, 0.1) is 17.3 Å². The molecule has 0 fully saturated rings. The summed E-state index contributed by atoms with van der Waals surface area (Å²) in [5.74, 6) is 1.16. The largest absolute Gasteiger partial charge is 0.490 e. The van der Waals surface area contributed by atoms with Crippen LogP contribution in [0.3, 0.4) is 0 Å². The Bertz CT molecular complexity index is 1100. The number of rotatable bonds is 8. The lowest BCUT2D eigenvalue weighted by Crippen LogP contribution is -2.24. The SMILES string of the molecule is CCOc1cc(C=NNC(=O)Nc2ccccc2C)cc(Br)c1OCc1ccc(Cl)cc1. The molecule has 3 rings (SSSR count). The van der Waals surface area contributed by atoms with Gasteiger partial charge in [0.1, 0.15) is 6.61 Å². The van der Waals surface area contributed by atoms with Crippen LogP contribution < -0.4 is 20.2 Å². The summed E-state index contributed by atoms with van der Waals surface area (Å²) >= 11 is 9.47. The minimum atomic E-state index is -0.428. The van der Waals surface area contributed by atoms with Crippen molar-refractivity contribution in [3.05, 3.63) is 86.8 Å². The summed E-state index contributed by atoms with van der Waals surface area (Å²) in [6.45, 7) is 4.66. The van der Waals surface area contributed by atoms with Gasteiger partial charge in [-0.15, -0.1) is 0 Å². The van der Waals surface area contributed by atoms with E-state index < -0.39 is 6.03 Å². The standard InChI is InChI=1S/C24H23BrClN3O3/c1-3-31-22-13-18(14-27-29-24(30)28-21-7-5-4-6-16(21)2)12-20(25)23(22)32-15-17-8-10-19(26)11-9-17/h4-14H,3,15H2,1-2H3,(H2,28,29,30). The van der Waals surface area contributed by atoms with Crippen LogP contribution in [0.1, 0.15) is 23.6 Å². The fraction of sp³-hybridized carbons (Fsp3) is 0.167. The van der Waals surface area contributed by atoms with E-state index in [-0.39, 0.29) is 0 Å². The molecule has 0 saturated carbocycles. The van der Waals surface area contributed by atoms with Crippen molar-refractivity contribution in [2.75, 3.05) is 11.9 Å². The molecule has 2 N–H and O–H groups in total. The second-order valence-corrected chi connectivity index (χ2v) is 8.11. The molecule has 0 spiro atoms. The maximum absolute atomic E-state index is 12.1. The first-order valence-electron chi connectivity index (χ1n) is 9.95. The Morgan fingerprint density at radius 3 is 2.59 bits per heavy atom. The zero-order valence-electron chi connectivity index (χ0n) is 17.7. The Hall–Kier alpha value is -3.03. The van der Waals surface area contributed by atoms with Crippen molar-refractivity contribution in [2.45, 2.75) is 20.5 Å². The molecule has 0 unspecified atom stereocenters. The van der Waals surface area contributed by atoms with Gasteiger partial charge >= 0.3 is 6.03 Å².